The van der Waals surface area contributed by atoms with Crippen molar-refractivity contribution in [1.82, 2.24) is 0 Å². The van der Waals surface area contributed by atoms with Crippen molar-refractivity contribution < 1.29 is 9.66 Å². The molecule has 0 unspecified atom stereocenters. The van der Waals surface area contributed by atoms with Crippen LogP contribution in [0.5, 0.6) is 11.5 Å². The van der Waals surface area contributed by atoms with Gasteiger partial charge in [0.25, 0.3) is 0 Å². The standard InChI is InChI=1S/C13H9BrClNO3/c14-8-9-1-4-11(5-2-9)19-13-6-3-10(15)7-12(13)16(17)18/h1-7H,8H2. The zero-order valence-corrected chi connectivity index (χ0v) is 12.0. The van der Waals surface area contributed by atoms with Gasteiger partial charge in [-0.1, -0.05) is 39.7 Å². The SMILES string of the molecule is O=[N+]([O-])c1cc(Cl)ccc1Oc1ccc(CBr)cc1. The van der Waals surface area contributed by atoms with Crippen LogP contribution in [-0.4, -0.2) is 4.92 Å². The number of rotatable bonds is 4. The normalized spacial score (nSPS) is 10.2. The van der Waals surface area contributed by atoms with Gasteiger partial charge in [-0.2, -0.15) is 0 Å². The first-order chi connectivity index (χ1) is 9.10. The van der Waals surface area contributed by atoms with E-state index in [1.54, 1.807) is 18.2 Å². The van der Waals surface area contributed by atoms with Crippen LogP contribution >= 0.6 is 27.5 Å². The molecule has 0 aliphatic carbocycles. The van der Waals surface area contributed by atoms with Gasteiger partial charge in [-0.25, -0.2) is 0 Å². The number of nitro benzene ring substituents is 1. The van der Waals surface area contributed by atoms with E-state index in [0.717, 1.165) is 10.9 Å². The van der Waals surface area contributed by atoms with Crippen LogP contribution in [0, 0.1) is 10.1 Å². The molecule has 0 aromatic heterocycles. The molecule has 0 saturated heterocycles. The molecule has 0 aliphatic rings. The summed E-state index contributed by atoms with van der Waals surface area (Å²) in [5, 5.41) is 12.0. The Hall–Kier alpha value is -1.59. The maximum absolute atomic E-state index is 10.9. The van der Waals surface area contributed by atoms with E-state index in [9.17, 15) is 10.1 Å². The third kappa shape index (κ3) is 3.45. The second-order valence-electron chi connectivity index (χ2n) is 3.75. The molecule has 6 heteroatoms. The number of ether oxygens (including phenoxy) is 1. The van der Waals surface area contributed by atoms with Gasteiger partial charge < -0.3 is 4.74 Å². The van der Waals surface area contributed by atoms with Crippen LogP contribution in [0.2, 0.25) is 5.02 Å². The number of hydrogen-bond acceptors (Lipinski definition) is 3. The summed E-state index contributed by atoms with van der Waals surface area (Å²) in [5.41, 5.74) is 0.940. The van der Waals surface area contributed by atoms with Crippen LogP contribution in [0.4, 0.5) is 5.69 Å². The maximum atomic E-state index is 10.9. The zero-order valence-electron chi connectivity index (χ0n) is 9.68. The number of nitrogens with zero attached hydrogens (tertiary/aromatic N) is 1. The molecule has 0 atom stereocenters. The largest absolute Gasteiger partial charge is 0.450 e. The van der Waals surface area contributed by atoms with Crippen molar-refractivity contribution in [2.45, 2.75) is 5.33 Å². The summed E-state index contributed by atoms with van der Waals surface area (Å²) in [7, 11) is 0. The Balaban J connectivity index is 2.29. The van der Waals surface area contributed by atoms with Crippen LogP contribution in [-0.2, 0) is 5.33 Å². The quantitative estimate of drug-likeness (QED) is 0.449. The van der Waals surface area contributed by atoms with Gasteiger partial charge in [0.15, 0.2) is 0 Å². The molecule has 4 nitrogen and oxygen atoms in total. The Morgan fingerprint density at radius 2 is 1.89 bits per heavy atom. The topological polar surface area (TPSA) is 52.4 Å². The van der Waals surface area contributed by atoms with Crippen molar-refractivity contribution in [1.29, 1.82) is 0 Å². The van der Waals surface area contributed by atoms with Crippen molar-refractivity contribution in [2.75, 3.05) is 0 Å². The Kier molecular flexibility index (Phi) is 4.39. The third-order valence-corrected chi connectivity index (χ3v) is 3.31. The molecule has 2 rings (SSSR count). The fourth-order valence-electron chi connectivity index (χ4n) is 1.49. The molecule has 0 radical (unpaired) electrons. The fourth-order valence-corrected chi connectivity index (χ4v) is 2.03. The van der Waals surface area contributed by atoms with Gasteiger partial charge >= 0.3 is 5.69 Å². The number of alkyl halides is 1. The third-order valence-electron chi connectivity index (χ3n) is 2.42. The molecule has 0 N–H and O–H groups in total. The zero-order chi connectivity index (χ0) is 13.8. The Morgan fingerprint density at radius 1 is 1.21 bits per heavy atom. The van der Waals surface area contributed by atoms with E-state index in [-0.39, 0.29) is 11.4 Å². The molecular formula is C13H9BrClNO3. The van der Waals surface area contributed by atoms with Crippen molar-refractivity contribution in [3.8, 4) is 11.5 Å². The minimum absolute atomic E-state index is 0.155. The molecule has 0 fully saturated rings. The summed E-state index contributed by atoms with van der Waals surface area (Å²) >= 11 is 9.08. The van der Waals surface area contributed by atoms with Gasteiger partial charge in [-0.05, 0) is 29.8 Å². The average Bonchev–Trinajstić information content (AvgIpc) is 2.41. The van der Waals surface area contributed by atoms with Crippen LogP contribution in [0.3, 0.4) is 0 Å². The number of benzene rings is 2. The lowest BCUT2D eigenvalue weighted by molar-refractivity contribution is -0.385. The van der Waals surface area contributed by atoms with Gasteiger partial charge in [0, 0.05) is 16.4 Å². The molecule has 19 heavy (non-hydrogen) atoms. The van der Waals surface area contributed by atoms with Crippen molar-refractivity contribution in [3.05, 3.63) is 63.2 Å². The molecule has 0 bridgehead atoms. The van der Waals surface area contributed by atoms with E-state index in [0.29, 0.717) is 10.8 Å². The summed E-state index contributed by atoms with van der Waals surface area (Å²) in [5.74, 6) is 0.705. The summed E-state index contributed by atoms with van der Waals surface area (Å²) in [6.45, 7) is 0. The summed E-state index contributed by atoms with van der Waals surface area (Å²) in [4.78, 5) is 10.4. The molecule has 0 amide bonds. The second-order valence-corrected chi connectivity index (χ2v) is 4.75. The lowest BCUT2D eigenvalue weighted by atomic mass is 10.2. The highest BCUT2D eigenvalue weighted by molar-refractivity contribution is 9.08. The van der Waals surface area contributed by atoms with Gasteiger partial charge in [0.2, 0.25) is 5.75 Å². The lowest BCUT2D eigenvalue weighted by Crippen LogP contribution is -1.93. The first-order valence-corrected chi connectivity index (χ1v) is 6.87. The summed E-state index contributed by atoms with van der Waals surface area (Å²) in [6, 6.07) is 11.6. The van der Waals surface area contributed by atoms with Gasteiger partial charge in [0.05, 0.1) is 4.92 Å². The lowest BCUT2D eigenvalue weighted by Gasteiger charge is -2.07. The molecule has 98 valence electrons. The van der Waals surface area contributed by atoms with Gasteiger partial charge in [-0.15, -0.1) is 0 Å². The van der Waals surface area contributed by atoms with E-state index in [1.807, 2.05) is 12.1 Å². The minimum Gasteiger partial charge on any atom is -0.450 e. The first kappa shape index (κ1) is 13.8. The predicted molar refractivity (Wildman–Crippen MR) is 77.3 cm³/mol. The van der Waals surface area contributed by atoms with E-state index in [1.165, 1.54) is 12.1 Å². The summed E-state index contributed by atoms with van der Waals surface area (Å²) in [6.07, 6.45) is 0. The smallest absolute Gasteiger partial charge is 0.313 e. The van der Waals surface area contributed by atoms with Crippen LogP contribution < -0.4 is 4.74 Å². The molecule has 0 aliphatic heterocycles. The molecule has 0 heterocycles. The molecule has 2 aromatic rings. The van der Waals surface area contributed by atoms with Crippen LogP contribution in [0.15, 0.2) is 42.5 Å². The van der Waals surface area contributed by atoms with Crippen LogP contribution in [0.1, 0.15) is 5.56 Å². The highest BCUT2D eigenvalue weighted by Gasteiger charge is 2.16. The fraction of sp³-hybridized carbons (Fsp3) is 0.0769. The maximum Gasteiger partial charge on any atom is 0.313 e. The van der Waals surface area contributed by atoms with Crippen molar-refractivity contribution >= 4 is 33.2 Å². The second kappa shape index (κ2) is 6.04. The highest BCUT2D eigenvalue weighted by Crippen LogP contribution is 2.33. The predicted octanol–water partition coefficient (Wildman–Crippen LogP) is 4.94. The van der Waals surface area contributed by atoms with E-state index < -0.39 is 4.92 Å². The molecule has 2 aromatic carbocycles. The van der Waals surface area contributed by atoms with E-state index >= 15 is 0 Å². The van der Waals surface area contributed by atoms with Crippen molar-refractivity contribution in [3.63, 3.8) is 0 Å². The highest BCUT2D eigenvalue weighted by atomic mass is 79.9. The van der Waals surface area contributed by atoms with E-state index in [4.69, 9.17) is 16.3 Å². The van der Waals surface area contributed by atoms with Gasteiger partial charge in [0.1, 0.15) is 5.75 Å². The van der Waals surface area contributed by atoms with Crippen LogP contribution in [0.25, 0.3) is 0 Å². The summed E-state index contributed by atoms with van der Waals surface area (Å²) < 4.78 is 5.51. The first-order valence-electron chi connectivity index (χ1n) is 5.37. The van der Waals surface area contributed by atoms with Crippen molar-refractivity contribution in [2.24, 2.45) is 0 Å². The number of nitro groups is 1. The molecular weight excluding hydrogens is 334 g/mol. The number of halogens is 2. The monoisotopic (exact) mass is 341 g/mol. The Bertz CT molecular complexity index is 601. The molecule has 0 spiro atoms. The number of hydrogen-bond donors (Lipinski definition) is 0. The minimum atomic E-state index is -0.520. The van der Waals surface area contributed by atoms with Gasteiger partial charge in [-0.3, -0.25) is 10.1 Å². The Morgan fingerprint density at radius 3 is 2.47 bits per heavy atom. The van der Waals surface area contributed by atoms with E-state index in [2.05, 4.69) is 15.9 Å². The average molecular weight is 343 g/mol. The Labute approximate surface area is 123 Å². The molecule has 0 saturated carbocycles.